The van der Waals surface area contributed by atoms with Crippen LogP contribution in [0.15, 0.2) is 66.7 Å². The van der Waals surface area contributed by atoms with Gasteiger partial charge in [0.1, 0.15) is 23.0 Å². The maximum Gasteiger partial charge on any atom is 0.297 e. The molecule has 4 aromatic carbocycles. The van der Waals surface area contributed by atoms with Gasteiger partial charge < -0.3 is 36.5 Å². The molecule has 4 rings (SSSR count). The number of para-hydroxylation sites is 2. The summed E-state index contributed by atoms with van der Waals surface area (Å²) in [4.78, 5) is 39.0. The van der Waals surface area contributed by atoms with Crippen LogP contribution in [0.2, 0.25) is 10.0 Å². The van der Waals surface area contributed by atoms with Gasteiger partial charge in [-0.25, -0.2) is 0 Å². The number of nitrogens with two attached hydrogens (primary N) is 3. The van der Waals surface area contributed by atoms with E-state index in [2.05, 4.69) is 0 Å². The number of hydrogen-bond donors (Lipinski definition) is 4. The van der Waals surface area contributed by atoms with Crippen LogP contribution in [0.25, 0.3) is 0 Å². The molecule has 0 aliphatic carbocycles. The molecular formula is C27H29Cl2N7O12. The van der Waals surface area contributed by atoms with E-state index in [1.807, 2.05) is 0 Å². The van der Waals surface area contributed by atoms with Crippen molar-refractivity contribution in [2.45, 2.75) is 0 Å². The highest BCUT2D eigenvalue weighted by molar-refractivity contribution is 6.31. The standard InChI is InChI=1S/C7H7ClN2O3.C7H6ClNO3.C7H8N2O3.C6H6N2O3.H2/c1-13-6-3-4(8)2-5(7(6)9)10(11)12;1-12-7-3-5(8)2-6(4-7)9(10)11;1-12-6-4-2-3-5(7(6)8)9(10)11;7-6-4(8(10)11)2-1-3-5(6)9;/h2-3H,9H2,1H3;2-4H,1H3;2-4H,8H2,1H3;1-3,9H,7H2;1H/i;;;;1+1. The van der Waals surface area contributed by atoms with Gasteiger partial charge in [-0.15, -0.1) is 0 Å². The van der Waals surface area contributed by atoms with Gasteiger partial charge in [0.25, 0.3) is 22.7 Å². The summed E-state index contributed by atoms with van der Waals surface area (Å²) in [6.45, 7) is 0. The second-order valence-corrected chi connectivity index (χ2v) is 9.39. The number of phenols is 1. The molecule has 21 heteroatoms. The molecule has 0 radical (unpaired) electrons. The van der Waals surface area contributed by atoms with E-state index in [1.165, 1.54) is 82.0 Å². The third-order valence-corrected chi connectivity index (χ3v) is 5.96. The second kappa shape index (κ2) is 18.6. The fraction of sp³-hybridized carbons (Fsp3) is 0.111. The van der Waals surface area contributed by atoms with E-state index in [-0.39, 0.29) is 57.8 Å². The van der Waals surface area contributed by atoms with Crippen molar-refractivity contribution in [2.24, 2.45) is 0 Å². The maximum atomic E-state index is 10.5. The van der Waals surface area contributed by atoms with Gasteiger partial charge in [0.2, 0.25) is 0 Å². The van der Waals surface area contributed by atoms with Crippen molar-refractivity contribution in [3.05, 3.63) is 117 Å². The summed E-state index contributed by atoms with van der Waals surface area (Å²) in [5.74, 6) is 0.650. The van der Waals surface area contributed by atoms with Crippen molar-refractivity contribution in [3.8, 4) is 23.0 Å². The molecule has 0 atom stereocenters. The highest BCUT2D eigenvalue weighted by atomic mass is 35.5. The van der Waals surface area contributed by atoms with Crippen LogP contribution in [-0.4, -0.2) is 46.1 Å². The Morgan fingerprint density at radius 2 is 1.08 bits per heavy atom. The number of phenolic OH excluding ortho intramolecular Hbond substituents is 1. The Labute approximate surface area is 282 Å². The molecule has 0 saturated heterocycles. The van der Waals surface area contributed by atoms with Crippen LogP contribution in [0.3, 0.4) is 0 Å². The van der Waals surface area contributed by atoms with Crippen LogP contribution in [0.5, 0.6) is 23.0 Å². The maximum absolute atomic E-state index is 10.5. The summed E-state index contributed by atoms with van der Waals surface area (Å²) in [7, 11) is 4.20. The summed E-state index contributed by atoms with van der Waals surface area (Å²) in [5, 5.41) is 50.7. The van der Waals surface area contributed by atoms with E-state index in [9.17, 15) is 40.5 Å². The minimum atomic E-state index is -0.644. The van der Waals surface area contributed by atoms with Crippen LogP contribution < -0.4 is 31.4 Å². The molecule has 0 saturated carbocycles. The lowest BCUT2D eigenvalue weighted by Gasteiger charge is -2.04. The van der Waals surface area contributed by atoms with E-state index in [0.717, 1.165) is 0 Å². The summed E-state index contributed by atoms with van der Waals surface area (Å²) in [6.07, 6.45) is 0. The van der Waals surface area contributed by atoms with Crippen molar-refractivity contribution in [1.82, 2.24) is 0 Å². The van der Waals surface area contributed by atoms with E-state index in [4.69, 9.17) is 59.7 Å². The Morgan fingerprint density at radius 1 is 0.604 bits per heavy atom. The number of anilines is 3. The number of benzene rings is 4. The topological polar surface area (TPSA) is 299 Å². The molecule has 0 amide bonds. The smallest absolute Gasteiger partial charge is 0.297 e. The number of non-ortho nitro benzene ring substituents is 1. The summed E-state index contributed by atoms with van der Waals surface area (Å²) >= 11 is 11.2. The van der Waals surface area contributed by atoms with Crippen molar-refractivity contribution in [2.75, 3.05) is 38.5 Å². The molecule has 258 valence electrons. The number of methoxy groups -OCH3 is 3. The highest BCUT2D eigenvalue weighted by Crippen LogP contribution is 2.35. The zero-order chi connectivity index (χ0) is 36.7. The average Bonchev–Trinajstić information content (AvgIpc) is 3.03. The summed E-state index contributed by atoms with van der Waals surface area (Å²) in [5.41, 5.74) is 15.2. The first-order valence-corrected chi connectivity index (χ1v) is 13.3. The number of ether oxygens (including phenoxy) is 3. The van der Waals surface area contributed by atoms with Crippen molar-refractivity contribution in [1.29, 1.82) is 0 Å². The van der Waals surface area contributed by atoms with Crippen LogP contribution in [0.1, 0.15) is 1.43 Å². The lowest BCUT2D eigenvalue weighted by molar-refractivity contribution is -0.385. The molecule has 0 aliphatic heterocycles. The molecule has 0 unspecified atom stereocenters. The van der Waals surface area contributed by atoms with Crippen LogP contribution in [0, 0.1) is 40.5 Å². The fourth-order valence-electron chi connectivity index (χ4n) is 3.24. The van der Waals surface area contributed by atoms with Gasteiger partial charge in [-0.05, 0) is 18.2 Å². The normalized spacial score (nSPS) is 9.52. The van der Waals surface area contributed by atoms with Gasteiger partial charge in [0.15, 0.2) is 17.1 Å². The number of nitro groups is 4. The molecular weight excluding hydrogens is 685 g/mol. The number of rotatable bonds is 7. The predicted molar refractivity (Wildman–Crippen MR) is 179 cm³/mol. The molecule has 0 heterocycles. The minimum Gasteiger partial charge on any atom is -0.506 e. The van der Waals surface area contributed by atoms with E-state index >= 15 is 0 Å². The summed E-state index contributed by atoms with van der Waals surface area (Å²) < 4.78 is 14.4. The Hall–Kier alpha value is -6.34. The minimum absolute atomic E-state index is 0. The van der Waals surface area contributed by atoms with Crippen LogP contribution in [-0.2, 0) is 0 Å². The second-order valence-electron chi connectivity index (χ2n) is 8.52. The van der Waals surface area contributed by atoms with E-state index < -0.39 is 19.7 Å². The average molecular weight is 715 g/mol. The van der Waals surface area contributed by atoms with E-state index in [1.54, 1.807) is 6.07 Å². The van der Waals surface area contributed by atoms with Gasteiger partial charge in [0, 0.05) is 31.8 Å². The SMILES string of the molecule is COc1cc(Cl)cc([N+](=O)[O-])c1.COc1cc(Cl)cc([N+](=O)[O-])c1N.COc1cccc([N+](=O)[O-])c1N.Nc1c(O)cccc1[N+](=O)[O-].[2HH]. The Morgan fingerprint density at radius 3 is 1.54 bits per heavy atom. The highest BCUT2D eigenvalue weighted by Gasteiger charge is 2.17. The first kappa shape index (κ1) is 39.7. The molecule has 0 bridgehead atoms. The third-order valence-electron chi connectivity index (χ3n) is 5.52. The zero-order valence-electron chi connectivity index (χ0n) is 25.1. The van der Waals surface area contributed by atoms with Gasteiger partial charge in [-0.2, -0.15) is 0 Å². The molecule has 4 aromatic rings. The zero-order valence-corrected chi connectivity index (χ0v) is 26.6. The number of nitrogen functional groups attached to an aromatic ring is 3. The molecule has 0 spiro atoms. The number of nitro benzene ring substituents is 4. The Kier molecular flexibility index (Phi) is 15.4. The number of aromatic hydroxyl groups is 1. The quantitative estimate of drug-likeness (QED) is 0.0695. The largest absolute Gasteiger partial charge is 0.506 e. The van der Waals surface area contributed by atoms with Gasteiger partial charge in [-0.3, -0.25) is 40.5 Å². The first-order chi connectivity index (χ1) is 22.5. The van der Waals surface area contributed by atoms with Crippen LogP contribution >= 0.6 is 23.2 Å². The number of hydrogen-bond acceptors (Lipinski definition) is 15. The molecule has 19 nitrogen and oxygen atoms in total. The van der Waals surface area contributed by atoms with Crippen molar-refractivity contribution in [3.63, 3.8) is 0 Å². The summed E-state index contributed by atoms with van der Waals surface area (Å²) in [6, 6.07) is 15.0. The Balaban J connectivity index is 0.000000624. The van der Waals surface area contributed by atoms with E-state index in [0.29, 0.717) is 16.5 Å². The van der Waals surface area contributed by atoms with Gasteiger partial charge in [-0.1, -0.05) is 35.3 Å². The third kappa shape index (κ3) is 11.5. The molecule has 0 aliphatic rings. The first-order valence-electron chi connectivity index (χ1n) is 12.5. The lowest BCUT2D eigenvalue weighted by Crippen LogP contribution is -1.98. The predicted octanol–water partition coefficient (Wildman–Crippen LogP) is 6.41. The molecule has 0 aromatic heterocycles. The molecule has 7 N–H and O–H groups in total. The lowest BCUT2D eigenvalue weighted by atomic mass is 10.2. The fourth-order valence-corrected chi connectivity index (χ4v) is 3.66. The molecule has 48 heavy (non-hydrogen) atoms. The van der Waals surface area contributed by atoms with Crippen molar-refractivity contribution < 1.29 is 40.4 Å². The monoisotopic (exact) mass is 714 g/mol. The number of halogens is 2. The molecule has 0 fully saturated rings. The Bertz CT molecular complexity index is 1800. The van der Waals surface area contributed by atoms with Gasteiger partial charge >= 0.3 is 0 Å². The number of nitrogens with zero attached hydrogens (tertiary/aromatic N) is 4. The van der Waals surface area contributed by atoms with Crippen molar-refractivity contribution >= 4 is 63.0 Å². The van der Waals surface area contributed by atoms with Gasteiger partial charge in [0.05, 0.1) is 57.1 Å². The van der Waals surface area contributed by atoms with Crippen LogP contribution in [0.4, 0.5) is 39.8 Å².